The lowest BCUT2D eigenvalue weighted by Crippen LogP contribution is -2.35. The molecule has 1 aliphatic rings. The zero-order valence-corrected chi connectivity index (χ0v) is 11.1. The molecule has 1 saturated carbocycles. The monoisotopic (exact) mass is 222 g/mol. The zero-order chi connectivity index (χ0) is 12.0. The van der Waals surface area contributed by atoms with E-state index in [1.807, 2.05) is 6.92 Å². The first kappa shape index (κ1) is 13.6. The molecule has 0 aromatic carbocycles. The van der Waals surface area contributed by atoms with E-state index in [1.54, 1.807) is 0 Å². The van der Waals surface area contributed by atoms with Gasteiger partial charge in [0.1, 0.15) is 0 Å². The maximum atomic E-state index is 10.5. The molecule has 1 rings (SSSR count). The smallest absolute Gasteiger partial charge is 0.0659 e. The molecule has 0 aromatic heterocycles. The molecule has 0 amide bonds. The van der Waals surface area contributed by atoms with Gasteiger partial charge in [0.25, 0.3) is 0 Å². The molecule has 1 fully saturated rings. The van der Waals surface area contributed by atoms with Gasteiger partial charge < -0.3 is 5.11 Å². The molecule has 92 valence electrons. The van der Waals surface area contributed by atoms with E-state index in [0.29, 0.717) is 0 Å². The third-order valence-corrected chi connectivity index (χ3v) is 3.62. The number of hydrogen-bond donors (Lipinski definition) is 1. The summed E-state index contributed by atoms with van der Waals surface area (Å²) in [4.78, 5) is 0. The Bertz CT molecular complexity index is 258. The van der Waals surface area contributed by atoms with Crippen LogP contribution in [0.3, 0.4) is 0 Å². The molecule has 0 aromatic rings. The lowest BCUT2D eigenvalue weighted by Gasteiger charge is -2.37. The predicted molar refractivity (Wildman–Crippen MR) is 69.0 cm³/mol. The van der Waals surface area contributed by atoms with Crippen LogP contribution in [0.5, 0.6) is 0 Å². The highest BCUT2D eigenvalue weighted by atomic mass is 16.3. The topological polar surface area (TPSA) is 20.2 Å². The van der Waals surface area contributed by atoms with Gasteiger partial charge in [0.2, 0.25) is 0 Å². The fraction of sp³-hybridized carbons (Fsp3) is 0.867. The van der Waals surface area contributed by atoms with Crippen LogP contribution >= 0.6 is 0 Å². The van der Waals surface area contributed by atoms with E-state index in [0.717, 1.165) is 37.5 Å². The van der Waals surface area contributed by atoms with Gasteiger partial charge in [0, 0.05) is 6.42 Å². The SMILES string of the molecule is CC#CCCC1(O)CCCC(CC(C)C)C1. The van der Waals surface area contributed by atoms with Gasteiger partial charge in [-0.2, -0.15) is 0 Å². The summed E-state index contributed by atoms with van der Waals surface area (Å²) in [6.07, 6.45) is 7.45. The fourth-order valence-corrected chi connectivity index (χ4v) is 2.98. The second kappa shape index (κ2) is 6.30. The van der Waals surface area contributed by atoms with Crippen LogP contribution in [0.25, 0.3) is 0 Å². The maximum Gasteiger partial charge on any atom is 0.0659 e. The highest BCUT2D eigenvalue weighted by Crippen LogP contribution is 2.38. The number of rotatable bonds is 4. The van der Waals surface area contributed by atoms with Crippen LogP contribution in [0.2, 0.25) is 0 Å². The van der Waals surface area contributed by atoms with Gasteiger partial charge in [-0.05, 0) is 44.4 Å². The summed E-state index contributed by atoms with van der Waals surface area (Å²) in [5.41, 5.74) is -0.415. The molecule has 0 radical (unpaired) electrons. The Labute approximate surface area is 101 Å². The standard InChI is InChI=1S/C15H26O/c1-4-5-6-9-15(16)10-7-8-14(12-15)11-13(2)3/h13-14,16H,6-12H2,1-3H3. The van der Waals surface area contributed by atoms with Crippen molar-refractivity contribution in [2.24, 2.45) is 11.8 Å². The predicted octanol–water partition coefficient (Wildman–Crippen LogP) is 3.76. The first-order chi connectivity index (χ1) is 7.56. The molecule has 1 aliphatic carbocycles. The van der Waals surface area contributed by atoms with Crippen LogP contribution in [0.15, 0.2) is 0 Å². The highest BCUT2D eigenvalue weighted by Gasteiger charge is 2.33. The van der Waals surface area contributed by atoms with Gasteiger partial charge in [-0.15, -0.1) is 11.8 Å². The largest absolute Gasteiger partial charge is 0.390 e. The minimum atomic E-state index is -0.415. The quantitative estimate of drug-likeness (QED) is 0.718. The lowest BCUT2D eigenvalue weighted by atomic mass is 9.73. The molecule has 0 heterocycles. The molecule has 1 N–H and O–H groups in total. The molecule has 2 unspecified atom stereocenters. The first-order valence-electron chi connectivity index (χ1n) is 6.68. The van der Waals surface area contributed by atoms with Gasteiger partial charge in [-0.25, -0.2) is 0 Å². The molecule has 0 bridgehead atoms. The molecule has 2 atom stereocenters. The van der Waals surface area contributed by atoms with Crippen LogP contribution in [0.1, 0.15) is 65.7 Å². The van der Waals surface area contributed by atoms with E-state index in [1.165, 1.54) is 19.3 Å². The van der Waals surface area contributed by atoms with Crippen molar-refractivity contribution < 1.29 is 5.11 Å². The van der Waals surface area contributed by atoms with Crippen molar-refractivity contribution in [3.8, 4) is 11.8 Å². The van der Waals surface area contributed by atoms with Gasteiger partial charge in [0.15, 0.2) is 0 Å². The van der Waals surface area contributed by atoms with E-state index in [2.05, 4.69) is 25.7 Å². The van der Waals surface area contributed by atoms with E-state index in [-0.39, 0.29) is 0 Å². The molecule has 0 spiro atoms. The minimum Gasteiger partial charge on any atom is -0.390 e. The average molecular weight is 222 g/mol. The Morgan fingerprint density at radius 2 is 2.19 bits per heavy atom. The summed E-state index contributed by atoms with van der Waals surface area (Å²) < 4.78 is 0. The molecule has 0 saturated heterocycles. The van der Waals surface area contributed by atoms with E-state index < -0.39 is 5.60 Å². The van der Waals surface area contributed by atoms with Crippen molar-refractivity contribution in [3.05, 3.63) is 0 Å². The third-order valence-electron chi connectivity index (χ3n) is 3.62. The van der Waals surface area contributed by atoms with Crippen molar-refractivity contribution >= 4 is 0 Å². The Morgan fingerprint density at radius 3 is 2.81 bits per heavy atom. The highest BCUT2D eigenvalue weighted by molar-refractivity contribution is 4.98. The summed E-state index contributed by atoms with van der Waals surface area (Å²) in [6.45, 7) is 6.42. The maximum absolute atomic E-state index is 10.5. The zero-order valence-electron chi connectivity index (χ0n) is 11.1. The van der Waals surface area contributed by atoms with E-state index in [9.17, 15) is 5.11 Å². The van der Waals surface area contributed by atoms with Crippen LogP contribution < -0.4 is 0 Å². The van der Waals surface area contributed by atoms with Gasteiger partial charge in [-0.3, -0.25) is 0 Å². The third kappa shape index (κ3) is 4.58. The Morgan fingerprint density at radius 1 is 1.44 bits per heavy atom. The van der Waals surface area contributed by atoms with Gasteiger partial charge in [0.05, 0.1) is 5.60 Å². The Kier molecular flexibility index (Phi) is 5.35. The van der Waals surface area contributed by atoms with E-state index in [4.69, 9.17) is 0 Å². The summed E-state index contributed by atoms with van der Waals surface area (Å²) in [7, 11) is 0. The van der Waals surface area contributed by atoms with Crippen LogP contribution in [-0.4, -0.2) is 10.7 Å². The van der Waals surface area contributed by atoms with Crippen LogP contribution in [0.4, 0.5) is 0 Å². The van der Waals surface area contributed by atoms with Crippen molar-refractivity contribution in [1.82, 2.24) is 0 Å². The minimum absolute atomic E-state index is 0.415. The van der Waals surface area contributed by atoms with Crippen molar-refractivity contribution in [3.63, 3.8) is 0 Å². The Hall–Kier alpha value is -0.480. The first-order valence-corrected chi connectivity index (χ1v) is 6.68. The van der Waals surface area contributed by atoms with Crippen molar-refractivity contribution in [2.75, 3.05) is 0 Å². The lowest BCUT2D eigenvalue weighted by molar-refractivity contribution is -0.0250. The second-order valence-electron chi connectivity index (χ2n) is 5.74. The van der Waals surface area contributed by atoms with E-state index >= 15 is 0 Å². The second-order valence-corrected chi connectivity index (χ2v) is 5.74. The summed E-state index contributed by atoms with van der Waals surface area (Å²) in [6, 6.07) is 0. The fourth-order valence-electron chi connectivity index (χ4n) is 2.98. The van der Waals surface area contributed by atoms with Crippen molar-refractivity contribution in [2.45, 2.75) is 71.3 Å². The molecule has 16 heavy (non-hydrogen) atoms. The van der Waals surface area contributed by atoms with Crippen LogP contribution in [-0.2, 0) is 0 Å². The average Bonchev–Trinajstić information content (AvgIpc) is 2.16. The number of hydrogen-bond acceptors (Lipinski definition) is 1. The van der Waals surface area contributed by atoms with Crippen molar-refractivity contribution in [1.29, 1.82) is 0 Å². The molecule has 0 aliphatic heterocycles. The summed E-state index contributed by atoms with van der Waals surface area (Å²) >= 11 is 0. The molecular weight excluding hydrogens is 196 g/mol. The summed E-state index contributed by atoms with van der Waals surface area (Å²) in [5, 5.41) is 10.5. The molecule has 1 nitrogen and oxygen atoms in total. The normalized spacial score (nSPS) is 29.9. The van der Waals surface area contributed by atoms with Gasteiger partial charge >= 0.3 is 0 Å². The number of aliphatic hydroxyl groups is 1. The molecular formula is C15H26O. The summed E-state index contributed by atoms with van der Waals surface area (Å²) in [5.74, 6) is 7.46. The molecule has 1 heteroatoms. The Balaban J connectivity index is 2.42. The van der Waals surface area contributed by atoms with Gasteiger partial charge in [-0.1, -0.05) is 26.7 Å². The van der Waals surface area contributed by atoms with Crippen LogP contribution in [0, 0.1) is 23.7 Å².